The molecular weight excluding hydrogens is 348 g/mol. The Morgan fingerprint density at radius 1 is 1.19 bits per heavy atom. The number of amides is 2. The number of ether oxygens (including phenoxy) is 3. The summed E-state index contributed by atoms with van der Waals surface area (Å²) in [5.41, 5.74) is 0.634. The molecule has 1 aromatic carbocycles. The van der Waals surface area contributed by atoms with Crippen LogP contribution in [0.25, 0.3) is 0 Å². The van der Waals surface area contributed by atoms with Gasteiger partial charge in [0.2, 0.25) is 0 Å². The summed E-state index contributed by atoms with van der Waals surface area (Å²) in [5, 5.41) is 5.50. The van der Waals surface area contributed by atoms with Crippen molar-refractivity contribution in [3.63, 3.8) is 0 Å². The van der Waals surface area contributed by atoms with Crippen molar-refractivity contribution in [2.24, 2.45) is 0 Å². The number of urea groups is 1. The number of aromatic nitrogens is 1. The fourth-order valence-corrected chi connectivity index (χ4v) is 2.68. The van der Waals surface area contributed by atoms with Crippen LogP contribution in [0.3, 0.4) is 0 Å². The van der Waals surface area contributed by atoms with Crippen LogP contribution >= 0.6 is 0 Å². The second-order valence-corrected chi connectivity index (χ2v) is 5.88. The van der Waals surface area contributed by atoms with Gasteiger partial charge < -0.3 is 29.7 Å². The quantitative estimate of drug-likeness (QED) is 0.725. The number of nitrogens with zero attached hydrogens (tertiary/aromatic N) is 2. The minimum atomic E-state index is -0.306. The van der Waals surface area contributed by atoms with Gasteiger partial charge in [-0.05, 0) is 24.3 Å². The van der Waals surface area contributed by atoms with Crippen molar-refractivity contribution in [1.29, 1.82) is 0 Å². The molecule has 1 fully saturated rings. The van der Waals surface area contributed by atoms with Gasteiger partial charge in [-0.3, -0.25) is 0 Å². The zero-order valence-corrected chi connectivity index (χ0v) is 15.3. The highest BCUT2D eigenvalue weighted by Gasteiger charge is 2.12. The van der Waals surface area contributed by atoms with Gasteiger partial charge in [0, 0.05) is 13.1 Å². The molecule has 1 aromatic heterocycles. The molecule has 2 amide bonds. The number of hydrogen-bond donors (Lipinski definition) is 2. The van der Waals surface area contributed by atoms with Gasteiger partial charge in [-0.15, -0.1) is 0 Å². The molecule has 2 aromatic rings. The van der Waals surface area contributed by atoms with Gasteiger partial charge >= 0.3 is 6.03 Å². The molecule has 3 rings (SSSR count). The molecule has 1 aliphatic rings. The van der Waals surface area contributed by atoms with Crippen LogP contribution in [0.1, 0.15) is 0 Å². The normalized spacial score (nSPS) is 13.7. The maximum absolute atomic E-state index is 12.0. The van der Waals surface area contributed by atoms with Crippen LogP contribution in [0, 0.1) is 0 Å². The number of hydrogen-bond acceptors (Lipinski definition) is 6. The molecule has 0 saturated carbocycles. The predicted molar refractivity (Wildman–Crippen MR) is 103 cm³/mol. The van der Waals surface area contributed by atoms with Crippen LogP contribution in [0.5, 0.6) is 11.5 Å². The Bertz CT molecular complexity index is 733. The molecule has 0 bridgehead atoms. The highest BCUT2D eigenvalue weighted by atomic mass is 16.5. The van der Waals surface area contributed by atoms with E-state index in [1.165, 1.54) is 0 Å². The molecule has 8 nitrogen and oxygen atoms in total. The number of morpholine rings is 1. The first-order valence-corrected chi connectivity index (χ1v) is 8.85. The monoisotopic (exact) mass is 372 g/mol. The van der Waals surface area contributed by atoms with E-state index in [0.29, 0.717) is 43.6 Å². The van der Waals surface area contributed by atoms with E-state index >= 15 is 0 Å². The van der Waals surface area contributed by atoms with Gasteiger partial charge in [0.15, 0.2) is 11.5 Å². The van der Waals surface area contributed by atoms with Crippen LogP contribution in [-0.2, 0) is 4.74 Å². The van der Waals surface area contributed by atoms with Gasteiger partial charge in [0.25, 0.3) is 0 Å². The topological polar surface area (TPSA) is 85.0 Å². The summed E-state index contributed by atoms with van der Waals surface area (Å²) >= 11 is 0. The molecule has 27 heavy (non-hydrogen) atoms. The number of pyridine rings is 1. The number of carbonyl (C=O) groups is 1. The maximum atomic E-state index is 12.0. The van der Waals surface area contributed by atoms with E-state index in [1.807, 2.05) is 36.4 Å². The third-order valence-electron chi connectivity index (χ3n) is 4.06. The summed E-state index contributed by atoms with van der Waals surface area (Å²) in [5.74, 6) is 2.19. The number of benzene rings is 1. The fraction of sp³-hybridized carbons (Fsp3) is 0.368. The van der Waals surface area contributed by atoms with E-state index < -0.39 is 0 Å². The lowest BCUT2D eigenvalue weighted by atomic mass is 10.3. The third kappa shape index (κ3) is 5.49. The smallest absolute Gasteiger partial charge is 0.319 e. The average molecular weight is 372 g/mol. The Hall–Kier alpha value is -3.00. The molecule has 0 aliphatic carbocycles. The summed E-state index contributed by atoms with van der Waals surface area (Å²) in [6.45, 7) is 3.77. The highest BCUT2D eigenvalue weighted by Crippen LogP contribution is 2.25. The number of carbonyl (C=O) groups excluding carboxylic acids is 1. The molecule has 2 heterocycles. The number of anilines is 2. The number of nitrogens with one attached hydrogen (secondary N) is 2. The van der Waals surface area contributed by atoms with E-state index in [-0.39, 0.29) is 6.03 Å². The lowest BCUT2D eigenvalue weighted by Crippen LogP contribution is -2.36. The first kappa shape index (κ1) is 18.8. The summed E-state index contributed by atoms with van der Waals surface area (Å²) in [7, 11) is 1.59. The molecule has 1 saturated heterocycles. The molecule has 144 valence electrons. The molecule has 8 heteroatoms. The lowest BCUT2D eigenvalue weighted by molar-refractivity contribution is 0.122. The van der Waals surface area contributed by atoms with Crippen molar-refractivity contribution in [3.8, 4) is 11.5 Å². The van der Waals surface area contributed by atoms with Gasteiger partial charge in [0.05, 0.1) is 38.8 Å². The molecule has 0 unspecified atom stereocenters. The van der Waals surface area contributed by atoms with Crippen molar-refractivity contribution in [1.82, 2.24) is 10.3 Å². The Morgan fingerprint density at radius 3 is 2.67 bits per heavy atom. The third-order valence-corrected chi connectivity index (χ3v) is 4.06. The second-order valence-electron chi connectivity index (χ2n) is 5.88. The number of para-hydroxylation sites is 2. The predicted octanol–water partition coefficient (Wildman–Crippen LogP) is 2.13. The minimum Gasteiger partial charge on any atom is -0.493 e. The Labute approximate surface area is 158 Å². The van der Waals surface area contributed by atoms with Crippen molar-refractivity contribution in [2.75, 3.05) is 56.8 Å². The summed E-state index contributed by atoms with van der Waals surface area (Å²) < 4.78 is 16.2. The van der Waals surface area contributed by atoms with Gasteiger partial charge in [-0.2, -0.15) is 0 Å². The van der Waals surface area contributed by atoms with Gasteiger partial charge in [-0.25, -0.2) is 9.78 Å². The molecule has 0 spiro atoms. The van der Waals surface area contributed by atoms with Gasteiger partial charge in [-0.1, -0.05) is 12.1 Å². The van der Waals surface area contributed by atoms with Crippen LogP contribution in [0.4, 0.5) is 16.3 Å². The van der Waals surface area contributed by atoms with E-state index in [9.17, 15) is 4.79 Å². The largest absolute Gasteiger partial charge is 0.493 e. The maximum Gasteiger partial charge on any atom is 0.319 e. The molecule has 2 N–H and O–H groups in total. The van der Waals surface area contributed by atoms with E-state index in [0.717, 1.165) is 18.9 Å². The summed E-state index contributed by atoms with van der Waals surface area (Å²) in [6.07, 6.45) is 1.65. The van der Waals surface area contributed by atoms with Crippen LogP contribution in [0.15, 0.2) is 42.6 Å². The zero-order valence-electron chi connectivity index (χ0n) is 15.3. The van der Waals surface area contributed by atoms with Gasteiger partial charge in [0.1, 0.15) is 12.4 Å². The van der Waals surface area contributed by atoms with Crippen LogP contribution in [0.2, 0.25) is 0 Å². The van der Waals surface area contributed by atoms with Crippen molar-refractivity contribution in [3.05, 3.63) is 42.6 Å². The zero-order chi connectivity index (χ0) is 18.9. The van der Waals surface area contributed by atoms with E-state index in [2.05, 4.69) is 20.5 Å². The SMILES string of the molecule is COc1ccccc1OCCNC(=O)Nc1ccc(N2CCOCC2)nc1. The molecular formula is C19H24N4O4. The van der Waals surface area contributed by atoms with E-state index in [1.54, 1.807) is 13.3 Å². The number of methoxy groups -OCH3 is 1. The summed E-state index contributed by atoms with van der Waals surface area (Å²) in [4.78, 5) is 18.5. The highest BCUT2D eigenvalue weighted by molar-refractivity contribution is 5.89. The first-order valence-electron chi connectivity index (χ1n) is 8.85. The average Bonchev–Trinajstić information content (AvgIpc) is 2.73. The fourth-order valence-electron chi connectivity index (χ4n) is 2.68. The Morgan fingerprint density at radius 2 is 1.96 bits per heavy atom. The van der Waals surface area contributed by atoms with Crippen LogP contribution in [-0.4, -0.2) is 57.6 Å². The molecule has 0 atom stereocenters. The summed E-state index contributed by atoms with van der Waals surface area (Å²) in [6, 6.07) is 10.8. The minimum absolute atomic E-state index is 0.306. The van der Waals surface area contributed by atoms with Crippen molar-refractivity contribution < 1.29 is 19.0 Å². The molecule has 1 aliphatic heterocycles. The molecule has 0 radical (unpaired) electrons. The first-order chi connectivity index (χ1) is 13.3. The lowest BCUT2D eigenvalue weighted by Gasteiger charge is -2.27. The number of rotatable bonds is 7. The Balaban J connectivity index is 1.40. The van der Waals surface area contributed by atoms with E-state index in [4.69, 9.17) is 14.2 Å². The second kappa shape index (κ2) is 9.63. The standard InChI is InChI=1S/C19H24N4O4/c1-25-16-4-2-3-5-17(16)27-11-8-20-19(24)22-15-6-7-18(21-14-15)23-9-12-26-13-10-23/h2-7,14H,8-13H2,1H3,(H2,20,22,24). The Kier molecular flexibility index (Phi) is 6.70. The van der Waals surface area contributed by atoms with Crippen molar-refractivity contribution in [2.45, 2.75) is 0 Å². The van der Waals surface area contributed by atoms with Crippen LogP contribution < -0.4 is 25.0 Å². The van der Waals surface area contributed by atoms with Crippen molar-refractivity contribution >= 4 is 17.5 Å².